The Morgan fingerprint density at radius 1 is 1.60 bits per heavy atom. The highest BCUT2D eigenvalue weighted by Crippen LogP contribution is 2.35. The molecule has 2 nitrogen and oxygen atoms in total. The van der Waals surface area contributed by atoms with E-state index in [-0.39, 0.29) is 12.9 Å². The summed E-state index contributed by atoms with van der Waals surface area (Å²) < 4.78 is 0. The molecule has 0 aromatic rings. The molecular formula is C13H21NO. The molecule has 1 saturated heterocycles. The summed E-state index contributed by atoms with van der Waals surface area (Å²) >= 11 is 0. The highest BCUT2D eigenvalue weighted by atomic mass is 16.2. The van der Waals surface area contributed by atoms with Gasteiger partial charge in [0.1, 0.15) is 0 Å². The highest BCUT2D eigenvalue weighted by Gasteiger charge is 2.42. The van der Waals surface area contributed by atoms with Gasteiger partial charge in [0.15, 0.2) is 0 Å². The normalized spacial score (nSPS) is 26.6. The van der Waals surface area contributed by atoms with Crippen LogP contribution < -0.4 is 5.32 Å². The maximum atomic E-state index is 11.4. The van der Waals surface area contributed by atoms with Crippen LogP contribution in [0, 0.1) is 5.92 Å². The zero-order chi connectivity index (χ0) is 11.5. The molecule has 0 spiro atoms. The van der Waals surface area contributed by atoms with Gasteiger partial charge in [0.05, 0.1) is 5.54 Å². The number of nitrogens with one attached hydrogen (secondary N) is 1. The van der Waals surface area contributed by atoms with Crippen LogP contribution >= 0.6 is 0 Å². The third-order valence-corrected chi connectivity index (χ3v) is 3.13. The van der Waals surface area contributed by atoms with Crippen molar-refractivity contribution in [2.45, 2.75) is 32.2 Å². The summed E-state index contributed by atoms with van der Waals surface area (Å²) in [5.74, 6) is 0.480. The second-order valence-electron chi connectivity index (χ2n) is 4.24. The maximum absolute atomic E-state index is 11.4. The molecular weight excluding hydrogens is 186 g/mol. The van der Waals surface area contributed by atoms with E-state index in [1.54, 1.807) is 6.08 Å². The predicted molar refractivity (Wildman–Crippen MR) is 65.5 cm³/mol. The lowest BCUT2D eigenvalue weighted by molar-refractivity contribution is -0.119. The molecule has 15 heavy (non-hydrogen) atoms. The summed E-state index contributed by atoms with van der Waals surface area (Å²) in [6.07, 6.45) is 6.92. The van der Waals surface area contributed by atoms with Crippen LogP contribution in [0.5, 0.6) is 0 Å². The molecule has 1 unspecified atom stereocenters. The Balaban J connectivity index is 0.00000225. The van der Waals surface area contributed by atoms with E-state index in [2.05, 4.69) is 32.3 Å². The van der Waals surface area contributed by atoms with Gasteiger partial charge in [-0.3, -0.25) is 4.79 Å². The van der Waals surface area contributed by atoms with Gasteiger partial charge in [-0.15, -0.1) is 0 Å². The fourth-order valence-corrected chi connectivity index (χ4v) is 2.19. The first kappa shape index (κ1) is 11.8. The quantitative estimate of drug-likeness (QED) is 0.706. The number of hydrogen-bond acceptors (Lipinski definition) is 1. The van der Waals surface area contributed by atoms with Crippen LogP contribution in [0.3, 0.4) is 0 Å². The van der Waals surface area contributed by atoms with Crippen LogP contribution in [0.1, 0.15) is 28.1 Å². The number of rotatable bonds is 4. The first-order chi connectivity index (χ1) is 7.06. The Bertz CT molecular complexity index is 320. The maximum Gasteiger partial charge on any atom is 0.220 e. The molecule has 1 amide bonds. The molecule has 0 aromatic carbocycles. The average molecular weight is 207 g/mol. The molecule has 0 radical (unpaired) electrons. The van der Waals surface area contributed by atoms with Gasteiger partial charge in [-0.2, -0.15) is 0 Å². The summed E-state index contributed by atoms with van der Waals surface area (Å²) in [7, 11) is 0. The van der Waals surface area contributed by atoms with Gasteiger partial charge in [-0.25, -0.2) is 0 Å². The van der Waals surface area contributed by atoms with E-state index in [9.17, 15) is 4.79 Å². The summed E-state index contributed by atoms with van der Waals surface area (Å²) in [6, 6.07) is 0. The second-order valence-corrected chi connectivity index (χ2v) is 4.24. The fourth-order valence-electron chi connectivity index (χ4n) is 2.19. The summed E-state index contributed by atoms with van der Waals surface area (Å²) in [5, 5.41) is 3.08. The molecule has 0 bridgehead atoms. The monoisotopic (exact) mass is 207 g/mol. The van der Waals surface area contributed by atoms with Crippen molar-refractivity contribution in [3.63, 3.8) is 0 Å². The molecule has 2 heteroatoms. The fraction of sp³-hybridized carbons (Fsp3) is 0.462. The van der Waals surface area contributed by atoms with Crippen LogP contribution in [0.25, 0.3) is 0 Å². The van der Waals surface area contributed by atoms with E-state index < -0.39 is 0 Å². The first-order valence-electron chi connectivity index (χ1n) is 5.33. The molecule has 1 fully saturated rings. The Morgan fingerprint density at radius 3 is 2.60 bits per heavy atom. The van der Waals surface area contributed by atoms with Gasteiger partial charge in [-0.05, 0) is 17.9 Å². The lowest BCUT2D eigenvalue weighted by atomic mass is 9.78. The summed E-state index contributed by atoms with van der Waals surface area (Å²) in [4.78, 5) is 11.4. The third-order valence-electron chi connectivity index (χ3n) is 3.13. The van der Waals surface area contributed by atoms with Crippen LogP contribution in [0.4, 0.5) is 0 Å². The predicted octanol–water partition coefficient (Wildman–Crippen LogP) is 2.84. The Labute approximate surface area is 93.2 Å². The number of carbonyl (C=O) groups is 1. The van der Waals surface area contributed by atoms with Gasteiger partial charge in [-0.1, -0.05) is 45.2 Å². The molecule has 1 atom stereocenters. The van der Waals surface area contributed by atoms with Crippen molar-refractivity contribution < 1.29 is 6.22 Å². The average Bonchev–Trinajstić information content (AvgIpc) is 2.58. The molecule has 1 aliphatic rings. The molecule has 1 aliphatic heterocycles. The Morgan fingerprint density at radius 2 is 2.27 bits per heavy atom. The van der Waals surface area contributed by atoms with Crippen molar-refractivity contribution in [1.82, 2.24) is 5.32 Å². The Kier molecular flexibility index (Phi) is 3.51. The van der Waals surface area contributed by atoms with Crippen LogP contribution in [-0.4, -0.2) is 11.4 Å². The van der Waals surface area contributed by atoms with Gasteiger partial charge in [0.25, 0.3) is 0 Å². The highest BCUT2D eigenvalue weighted by molar-refractivity contribution is 5.80. The van der Waals surface area contributed by atoms with Crippen LogP contribution in [0.2, 0.25) is 0 Å². The smallest absolute Gasteiger partial charge is 0.220 e. The SMILES string of the molecule is C=C/C=C(\C=C)C1(C(C)C)CCC(=O)N1.[HH]. The molecule has 1 N–H and O–H groups in total. The van der Waals surface area contributed by atoms with Crippen molar-refractivity contribution in [3.05, 3.63) is 37.0 Å². The number of hydrogen-bond donors (Lipinski definition) is 1. The molecule has 84 valence electrons. The third kappa shape index (κ3) is 2.04. The van der Waals surface area contributed by atoms with Crippen LogP contribution in [0.15, 0.2) is 37.0 Å². The standard InChI is InChI=1S/C13H19NO.H2/c1-5-7-11(6-2)13(10(3)4)9-8-12(15)14-13;/h5-7,10H,1-2,8-9H2,3-4H3,(H,14,15);1H/b11-7+;. The lowest BCUT2D eigenvalue weighted by Crippen LogP contribution is -2.47. The van der Waals surface area contributed by atoms with E-state index >= 15 is 0 Å². The van der Waals surface area contributed by atoms with E-state index in [0.717, 1.165) is 12.0 Å². The minimum absolute atomic E-state index is 0. The van der Waals surface area contributed by atoms with Crippen LogP contribution in [-0.2, 0) is 4.79 Å². The van der Waals surface area contributed by atoms with Crippen molar-refractivity contribution in [3.8, 4) is 0 Å². The minimum Gasteiger partial charge on any atom is -0.346 e. The van der Waals surface area contributed by atoms with Crippen molar-refractivity contribution in [2.75, 3.05) is 0 Å². The van der Waals surface area contributed by atoms with Crippen molar-refractivity contribution in [1.29, 1.82) is 0 Å². The van der Waals surface area contributed by atoms with E-state index in [4.69, 9.17) is 0 Å². The van der Waals surface area contributed by atoms with Crippen molar-refractivity contribution in [2.24, 2.45) is 5.92 Å². The lowest BCUT2D eigenvalue weighted by Gasteiger charge is -2.34. The number of allylic oxidation sites excluding steroid dienone is 2. The largest absolute Gasteiger partial charge is 0.346 e. The van der Waals surface area contributed by atoms with E-state index in [0.29, 0.717) is 12.3 Å². The van der Waals surface area contributed by atoms with Gasteiger partial charge < -0.3 is 5.32 Å². The summed E-state index contributed by atoms with van der Waals surface area (Å²) in [5.41, 5.74) is 0.811. The van der Waals surface area contributed by atoms with Gasteiger partial charge in [0, 0.05) is 7.85 Å². The molecule has 1 rings (SSSR count). The Hall–Kier alpha value is -1.31. The number of amides is 1. The zero-order valence-corrected chi connectivity index (χ0v) is 9.55. The minimum atomic E-state index is -0.243. The molecule has 0 saturated carbocycles. The molecule has 1 heterocycles. The second kappa shape index (κ2) is 4.47. The van der Waals surface area contributed by atoms with Gasteiger partial charge in [0.2, 0.25) is 5.91 Å². The van der Waals surface area contributed by atoms with Gasteiger partial charge >= 0.3 is 0 Å². The van der Waals surface area contributed by atoms with E-state index in [1.807, 2.05) is 12.2 Å². The topological polar surface area (TPSA) is 29.1 Å². The zero-order valence-electron chi connectivity index (χ0n) is 9.55. The molecule has 0 aromatic heterocycles. The summed E-state index contributed by atoms with van der Waals surface area (Å²) in [6.45, 7) is 11.7. The first-order valence-corrected chi connectivity index (χ1v) is 5.33. The molecule has 0 aliphatic carbocycles. The van der Waals surface area contributed by atoms with Crippen molar-refractivity contribution >= 4 is 5.91 Å². The van der Waals surface area contributed by atoms with E-state index in [1.165, 1.54) is 0 Å². The number of carbonyl (C=O) groups excluding carboxylic acids is 1.